The van der Waals surface area contributed by atoms with E-state index in [0.717, 1.165) is 12.1 Å². The van der Waals surface area contributed by atoms with E-state index in [-0.39, 0.29) is 36.2 Å². The number of piperidine rings is 1. The fourth-order valence-electron chi connectivity index (χ4n) is 3.10. The molecule has 27 heavy (non-hydrogen) atoms. The molecule has 2 heterocycles. The second-order valence-corrected chi connectivity index (χ2v) is 8.20. The molecule has 1 saturated heterocycles. The highest BCUT2D eigenvalue weighted by molar-refractivity contribution is 7.89. The Morgan fingerprint density at radius 1 is 1.41 bits per heavy atom. The molecular weight excluding hydrogens is 375 g/mol. The normalized spacial score (nSPS) is 18.2. The number of rotatable bonds is 6. The third kappa shape index (κ3) is 4.30. The molecule has 0 aliphatic carbocycles. The third-order valence-electron chi connectivity index (χ3n) is 4.52. The van der Waals surface area contributed by atoms with E-state index in [1.54, 1.807) is 12.1 Å². The lowest BCUT2D eigenvalue weighted by molar-refractivity contribution is -0.126. The summed E-state index contributed by atoms with van der Waals surface area (Å²) in [6.45, 7) is 0.544. The average molecular weight is 396 g/mol. The van der Waals surface area contributed by atoms with Crippen molar-refractivity contribution in [1.82, 2.24) is 9.62 Å². The number of amides is 1. The van der Waals surface area contributed by atoms with Gasteiger partial charge < -0.3 is 14.5 Å². The highest BCUT2D eigenvalue weighted by atomic mass is 32.2. The van der Waals surface area contributed by atoms with Crippen LogP contribution in [-0.4, -0.2) is 38.8 Å². The number of sulfonamides is 1. The predicted molar refractivity (Wildman–Crippen MR) is 95.0 cm³/mol. The van der Waals surface area contributed by atoms with Crippen LogP contribution < -0.4 is 10.1 Å². The Kier molecular flexibility index (Phi) is 5.81. The van der Waals surface area contributed by atoms with Crippen LogP contribution in [0, 0.1) is 11.7 Å². The Morgan fingerprint density at radius 3 is 2.93 bits per heavy atom. The largest absolute Gasteiger partial charge is 0.495 e. The number of halogens is 1. The minimum absolute atomic E-state index is 0.0337. The van der Waals surface area contributed by atoms with Gasteiger partial charge in [-0.15, -0.1) is 0 Å². The summed E-state index contributed by atoms with van der Waals surface area (Å²) in [4.78, 5) is 12.2. The number of benzene rings is 1. The number of carbonyl (C=O) groups is 1. The van der Waals surface area contributed by atoms with Crippen molar-refractivity contribution in [2.75, 3.05) is 20.2 Å². The smallest absolute Gasteiger partial charge is 0.246 e. The highest BCUT2D eigenvalue weighted by Crippen LogP contribution is 2.30. The lowest BCUT2D eigenvalue weighted by Crippen LogP contribution is -2.45. The van der Waals surface area contributed by atoms with Crippen LogP contribution in [0.15, 0.2) is 45.9 Å². The zero-order chi connectivity index (χ0) is 19.4. The van der Waals surface area contributed by atoms with Gasteiger partial charge in [0.2, 0.25) is 15.9 Å². The van der Waals surface area contributed by atoms with E-state index >= 15 is 0 Å². The molecule has 0 radical (unpaired) electrons. The molecule has 0 bridgehead atoms. The molecule has 1 N–H and O–H groups in total. The number of furan rings is 1. The van der Waals surface area contributed by atoms with Crippen molar-refractivity contribution < 1.29 is 26.8 Å². The van der Waals surface area contributed by atoms with E-state index < -0.39 is 21.8 Å². The van der Waals surface area contributed by atoms with Gasteiger partial charge in [-0.05, 0) is 43.2 Å². The second-order valence-electron chi connectivity index (χ2n) is 6.29. The van der Waals surface area contributed by atoms with Gasteiger partial charge in [-0.3, -0.25) is 4.79 Å². The van der Waals surface area contributed by atoms with Crippen LogP contribution in [0.2, 0.25) is 0 Å². The molecule has 146 valence electrons. The lowest BCUT2D eigenvalue weighted by Gasteiger charge is -2.31. The maximum Gasteiger partial charge on any atom is 0.246 e. The summed E-state index contributed by atoms with van der Waals surface area (Å²) in [5.41, 5.74) is 0. The quantitative estimate of drug-likeness (QED) is 0.808. The predicted octanol–water partition coefficient (Wildman–Crippen LogP) is 2.14. The van der Waals surface area contributed by atoms with Gasteiger partial charge in [0.05, 0.1) is 25.8 Å². The molecule has 3 rings (SSSR count). The van der Waals surface area contributed by atoms with E-state index in [2.05, 4.69) is 5.32 Å². The Balaban J connectivity index is 1.73. The molecule has 1 aromatic heterocycles. The van der Waals surface area contributed by atoms with Crippen molar-refractivity contribution in [3.05, 3.63) is 48.2 Å². The minimum atomic E-state index is -3.98. The van der Waals surface area contributed by atoms with Crippen molar-refractivity contribution in [2.45, 2.75) is 24.3 Å². The maximum absolute atomic E-state index is 13.6. The molecule has 9 heteroatoms. The summed E-state index contributed by atoms with van der Waals surface area (Å²) in [6, 6.07) is 6.82. The summed E-state index contributed by atoms with van der Waals surface area (Å²) in [5.74, 6) is -0.700. The molecule has 7 nitrogen and oxygen atoms in total. The van der Waals surface area contributed by atoms with Gasteiger partial charge in [0.25, 0.3) is 0 Å². The zero-order valence-electron chi connectivity index (χ0n) is 14.9. The van der Waals surface area contributed by atoms with Crippen LogP contribution in [0.3, 0.4) is 0 Å². The molecular formula is C18H21FN2O5S. The Bertz CT molecular complexity index is 898. The summed E-state index contributed by atoms with van der Waals surface area (Å²) >= 11 is 0. The van der Waals surface area contributed by atoms with Crippen molar-refractivity contribution >= 4 is 15.9 Å². The van der Waals surface area contributed by atoms with Crippen LogP contribution >= 0.6 is 0 Å². The van der Waals surface area contributed by atoms with Crippen LogP contribution in [0.4, 0.5) is 4.39 Å². The summed E-state index contributed by atoms with van der Waals surface area (Å²) in [5, 5.41) is 2.76. The van der Waals surface area contributed by atoms with Gasteiger partial charge in [0, 0.05) is 13.1 Å². The fraction of sp³-hybridized carbons (Fsp3) is 0.389. The molecule has 1 atom stereocenters. The molecule has 1 aromatic carbocycles. The molecule has 0 saturated carbocycles. The first-order valence-corrected chi connectivity index (χ1v) is 9.99. The minimum Gasteiger partial charge on any atom is -0.495 e. The number of hydrogen-bond acceptors (Lipinski definition) is 5. The number of hydrogen-bond donors (Lipinski definition) is 1. The Labute approximate surface area is 157 Å². The molecule has 1 aliphatic heterocycles. The van der Waals surface area contributed by atoms with Gasteiger partial charge in [-0.2, -0.15) is 4.31 Å². The standard InChI is InChI=1S/C18H21FN2O5S/c1-25-16-7-6-14(19)10-17(16)27(23,24)21-8-2-4-13(12-21)18(22)20-11-15-5-3-9-26-15/h3,5-7,9-10,13H,2,4,8,11-12H2,1H3,(H,20,22)/t13-/m0/s1. The third-order valence-corrected chi connectivity index (χ3v) is 6.40. The van der Waals surface area contributed by atoms with Crippen molar-refractivity contribution in [2.24, 2.45) is 5.92 Å². The van der Waals surface area contributed by atoms with Crippen LogP contribution in [0.5, 0.6) is 5.75 Å². The number of methoxy groups -OCH3 is 1. The Hall–Kier alpha value is -2.39. The van der Waals surface area contributed by atoms with Gasteiger partial charge in [-0.1, -0.05) is 0 Å². The van der Waals surface area contributed by atoms with Gasteiger partial charge in [0.1, 0.15) is 22.2 Å². The number of nitrogens with zero attached hydrogens (tertiary/aromatic N) is 1. The molecule has 1 aliphatic rings. The molecule has 1 fully saturated rings. The van der Waals surface area contributed by atoms with E-state index in [9.17, 15) is 17.6 Å². The van der Waals surface area contributed by atoms with Gasteiger partial charge >= 0.3 is 0 Å². The summed E-state index contributed by atoms with van der Waals surface area (Å²) < 4.78 is 51.0. The lowest BCUT2D eigenvalue weighted by atomic mass is 9.99. The molecule has 0 spiro atoms. The van der Waals surface area contributed by atoms with Gasteiger partial charge in [0.15, 0.2) is 0 Å². The molecule has 0 unspecified atom stereocenters. The number of carbonyl (C=O) groups excluding carboxylic acids is 1. The first-order valence-electron chi connectivity index (χ1n) is 8.55. The Morgan fingerprint density at radius 2 is 2.22 bits per heavy atom. The van der Waals surface area contributed by atoms with Crippen LogP contribution in [0.1, 0.15) is 18.6 Å². The van der Waals surface area contributed by atoms with Crippen molar-refractivity contribution in [1.29, 1.82) is 0 Å². The van der Waals surface area contributed by atoms with E-state index in [1.165, 1.54) is 23.7 Å². The first-order chi connectivity index (χ1) is 12.9. The second kappa shape index (κ2) is 8.10. The highest BCUT2D eigenvalue weighted by Gasteiger charge is 2.35. The number of nitrogens with one attached hydrogen (secondary N) is 1. The van der Waals surface area contributed by atoms with E-state index in [4.69, 9.17) is 9.15 Å². The van der Waals surface area contributed by atoms with Crippen molar-refractivity contribution in [3.8, 4) is 5.75 Å². The van der Waals surface area contributed by atoms with Gasteiger partial charge in [-0.25, -0.2) is 12.8 Å². The first kappa shape index (κ1) is 19.4. The van der Waals surface area contributed by atoms with Crippen LogP contribution in [0.25, 0.3) is 0 Å². The summed E-state index contributed by atoms with van der Waals surface area (Å²) in [7, 11) is -2.66. The summed E-state index contributed by atoms with van der Waals surface area (Å²) in [6.07, 6.45) is 2.63. The SMILES string of the molecule is COc1ccc(F)cc1S(=O)(=O)N1CCC[C@H](C(=O)NCc2ccco2)C1. The topological polar surface area (TPSA) is 88.9 Å². The van der Waals surface area contributed by atoms with Crippen LogP contribution in [-0.2, 0) is 21.4 Å². The number of ether oxygens (including phenoxy) is 1. The van der Waals surface area contributed by atoms with Crippen molar-refractivity contribution in [3.63, 3.8) is 0 Å². The maximum atomic E-state index is 13.6. The average Bonchev–Trinajstić information content (AvgIpc) is 3.19. The molecule has 1 amide bonds. The fourth-order valence-corrected chi connectivity index (χ4v) is 4.79. The molecule has 2 aromatic rings. The monoisotopic (exact) mass is 396 g/mol. The van der Waals surface area contributed by atoms with E-state index in [1.807, 2.05) is 0 Å². The zero-order valence-corrected chi connectivity index (χ0v) is 15.7. The van der Waals surface area contributed by atoms with E-state index in [0.29, 0.717) is 18.6 Å².